The van der Waals surface area contributed by atoms with Crippen LogP contribution in [0, 0.1) is 0 Å². The molecule has 0 N–H and O–H groups in total. The average Bonchev–Trinajstić information content (AvgIpc) is 3.24. The van der Waals surface area contributed by atoms with Crippen molar-refractivity contribution in [3.63, 3.8) is 0 Å². The van der Waals surface area contributed by atoms with Crippen molar-refractivity contribution in [2.75, 3.05) is 11.4 Å². The molecular formula is C23H23N2O2+. The van der Waals surface area contributed by atoms with Crippen LogP contribution in [-0.2, 0) is 6.54 Å². The molecule has 0 bridgehead atoms. The standard InChI is InChI=1S/C23H23N2O2/c1-3-24-18-12-8-10-14-20(18)26-22(24)16-6-5-7-17-23-25(4-2)19-13-9-11-15-21(19)27-23/h5-17H,3-4H2,1-2H3/q+1. The summed E-state index contributed by atoms with van der Waals surface area (Å²) < 4.78 is 14.0. The summed E-state index contributed by atoms with van der Waals surface area (Å²) in [5.74, 6) is 2.59. The number of para-hydroxylation sites is 4. The summed E-state index contributed by atoms with van der Waals surface area (Å²) in [4.78, 5) is 2.16. The molecule has 3 aromatic rings. The second-order valence-corrected chi connectivity index (χ2v) is 6.22. The van der Waals surface area contributed by atoms with Gasteiger partial charge in [-0.2, -0.15) is 4.57 Å². The molecule has 4 nitrogen and oxygen atoms in total. The molecule has 0 fully saturated rings. The smallest absolute Gasteiger partial charge is 0.374 e. The van der Waals surface area contributed by atoms with Crippen LogP contribution in [0.3, 0.4) is 0 Å². The van der Waals surface area contributed by atoms with E-state index in [9.17, 15) is 0 Å². The first-order valence-electron chi connectivity index (χ1n) is 9.32. The molecule has 0 aliphatic carbocycles. The highest BCUT2D eigenvalue weighted by Crippen LogP contribution is 2.38. The molecule has 0 saturated carbocycles. The molecule has 136 valence electrons. The normalized spacial score (nSPS) is 15.3. The second-order valence-electron chi connectivity index (χ2n) is 6.22. The lowest BCUT2D eigenvalue weighted by Gasteiger charge is -2.14. The van der Waals surface area contributed by atoms with Gasteiger partial charge in [-0.3, -0.25) is 0 Å². The molecule has 2 heterocycles. The van der Waals surface area contributed by atoms with E-state index in [4.69, 9.17) is 9.15 Å². The number of rotatable bonds is 5. The van der Waals surface area contributed by atoms with E-state index in [2.05, 4.69) is 35.4 Å². The number of nitrogens with zero attached hydrogens (tertiary/aromatic N) is 2. The molecule has 0 radical (unpaired) electrons. The number of ether oxygens (including phenoxy) is 1. The molecule has 1 aliphatic heterocycles. The van der Waals surface area contributed by atoms with Gasteiger partial charge in [0.05, 0.1) is 11.8 Å². The number of allylic oxidation sites excluding steroid dienone is 4. The number of oxazole rings is 1. The van der Waals surface area contributed by atoms with Crippen LogP contribution in [0.5, 0.6) is 5.75 Å². The summed E-state index contributed by atoms with van der Waals surface area (Å²) in [5, 5.41) is 0. The van der Waals surface area contributed by atoms with E-state index in [1.54, 1.807) is 0 Å². The molecule has 1 aromatic heterocycles. The van der Waals surface area contributed by atoms with Crippen LogP contribution in [0.2, 0.25) is 0 Å². The Hall–Kier alpha value is -3.27. The summed E-state index contributed by atoms with van der Waals surface area (Å²) in [6.45, 7) is 5.96. The Kier molecular flexibility index (Phi) is 4.79. The van der Waals surface area contributed by atoms with Gasteiger partial charge in [0, 0.05) is 12.6 Å². The third-order valence-corrected chi connectivity index (χ3v) is 4.61. The van der Waals surface area contributed by atoms with Gasteiger partial charge in [-0.25, -0.2) is 0 Å². The van der Waals surface area contributed by atoms with Crippen molar-refractivity contribution in [2.24, 2.45) is 0 Å². The zero-order valence-electron chi connectivity index (χ0n) is 15.6. The number of aromatic nitrogens is 1. The van der Waals surface area contributed by atoms with E-state index in [0.717, 1.165) is 47.4 Å². The number of aryl methyl sites for hydroxylation is 1. The summed E-state index contributed by atoms with van der Waals surface area (Å²) >= 11 is 0. The van der Waals surface area contributed by atoms with Crippen molar-refractivity contribution < 1.29 is 13.7 Å². The Morgan fingerprint density at radius 3 is 2.63 bits per heavy atom. The maximum absolute atomic E-state index is 5.94. The predicted octanol–water partition coefficient (Wildman–Crippen LogP) is 5.07. The van der Waals surface area contributed by atoms with Crippen molar-refractivity contribution >= 4 is 22.9 Å². The van der Waals surface area contributed by atoms with Crippen molar-refractivity contribution in [2.45, 2.75) is 20.4 Å². The second kappa shape index (κ2) is 7.54. The molecular weight excluding hydrogens is 336 g/mol. The lowest BCUT2D eigenvalue weighted by Crippen LogP contribution is -2.33. The van der Waals surface area contributed by atoms with E-state index in [-0.39, 0.29) is 0 Å². The van der Waals surface area contributed by atoms with Crippen LogP contribution < -0.4 is 14.2 Å². The Morgan fingerprint density at radius 1 is 0.963 bits per heavy atom. The average molecular weight is 359 g/mol. The fourth-order valence-corrected chi connectivity index (χ4v) is 3.35. The minimum atomic E-state index is 0.843. The maximum Gasteiger partial charge on any atom is 0.374 e. The van der Waals surface area contributed by atoms with E-state index >= 15 is 0 Å². The number of benzene rings is 2. The molecule has 27 heavy (non-hydrogen) atoms. The minimum Gasteiger partial charge on any atom is -0.439 e. The largest absolute Gasteiger partial charge is 0.439 e. The number of hydrogen-bond acceptors (Lipinski definition) is 3. The number of anilines is 1. The fourth-order valence-electron chi connectivity index (χ4n) is 3.35. The van der Waals surface area contributed by atoms with Gasteiger partial charge >= 0.3 is 5.89 Å². The first kappa shape index (κ1) is 17.2. The van der Waals surface area contributed by atoms with E-state index < -0.39 is 0 Å². The third-order valence-electron chi connectivity index (χ3n) is 4.61. The minimum absolute atomic E-state index is 0.843. The van der Waals surface area contributed by atoms with Crippen molar-refractivity contribution in [1.82, 2.24) is 0 Å². The zero-order chi connectivity index (χ0) is 18.6. The SMILES string of the molecule is CCN1\C(=C/C=C/C=C/c2oc3ccccc3[n+]2CC)Oc2ccccc21. The van der Waals surface area contributed by atoms with Gasteiger partial charge in [-0.15, -0.1) is 0 Å². The molecule has 1 aliphatic rings. The first-order valence-corrected chi connectivity index (χ1v) is 9.32. The van der Waals surface area contributed by atoms with Gasteiger partial charge in [0.2, 0.25) is 11.5 Å². The van der Waals surface area contributed by atoms with Gasteiger partial charge < -0.3 is 14.1 Å². The summed E-state index contributed by atoms with van der Waals surface area (Å²) in [6.07, 6.45) is 9.93. The molecule has 0 saturated heterocycles. The Bertz CT molecular complexity index is 1040. The molecule has 0 atom stereocenters. The third kappa shape index (κ3) is 3.26. The van der Waals surface area contributed by atoms with Gasteiger partial charge in [-0.1, -0.05) is 42.5 Å². The van der Waals surface area contributed by atoms with Crippen LogP contribution in [-0.4, -0.2) is 6.54 Å². The predicted molar refractivity (Wildman–Crippen MR) is 108 cm³/mol. The molecule has 2 aromatic carbocycles. The van der Waals surface area contributed by atoms with Crippen LogP contribution in [0.25, 0.3) is 17.2 Å². The zero-order valence-corrected chi connectivity index (χ0v) is 15.6. The Balaban J connectivity index is 1.51. The molecule has 0 unspecified atom stereocenters. The van der Waals surface area contributed by atoms with Crippen molar-refractivity contribution in [1.29, 1.82) is 0 Å². The van der Waals surface area contributed by atoms with Crippen molar-refractivity contribution in [3.05, 3.63) is 84.6 Å². The molecule has 4 heteroatoms. The van der Waals surface area contributed by atoms with Gasteiger partial charge in [-0.05, 0) is 38.1 Å². The molecule has 4 rings (SSSR count). The summed E-state index contributed by atoms with van der Waals surface area (Å²) in [5.41, 5.74) is 3.13. The lowest BCUT2D eigenvalue weighted by atomic mass is 10.3. The lowest BCUT2D eigenvalue weighted by molar-refractivity contribution is -0.674. The fraction of sp³-hybridized carbons (Fsp3) is 0.174. The maximum atomic E-state index is 5.94. The van der Waals surface area contributed by atoms with E-state index in [1.165, 1.54) is 0 Å². The first-order chi connectivity index (χ1) is 13.3. The van der Waals surface area contributed by atoms with Crippen molar-refractivity contribution in [3.8, 4) is 5.75 Å². The quantitative estimate of drug-likeness (QED) is 0.470. The highest BCUT2D eigenvalue weighted by atomic mass is 16.5. The summed E-state index contributed by atoms with van der Waals surface area (Å²) in [6, 6.07) is 16.2. The van der Waals surface area contributed by atoms with Crippen LogP contribution in [0.4, 0.5) is 5.69 Å². The highest BCUT2D eigenvalue weighted by Gasteiger charge is 2.23. The topological polar surface area (TPSA) is 29.5 Å². The highest BCUT2D eigenvalue weighted by molar-refractivity contribution is 5.69. The van der Waals surface area contributed by atoms with Crippen LogP contribution >= 0.6 is 0 Å². The van der Waals surface area contributed by atoms with Crippen LogP contribution in [0.1, 0.15) is 19.7 Å². The number of fused-ring (bicyclic) bond motifs is 2. The van der Waals surface area contributed by atoms with E-state index in [1.807, 2.05) is 66.8 Å². The van der Waals surface area contributed by atoms with Crippen LogP contribution in [0.15, 0.2) is 83.1 Å². The van der Waals surface area contributed by atoms with Gasteiger partial charge in [0.1, 0.15) is 6.54 Å². The Labute approximate surface area is 159 Å². The van der Waals surface area contributed by atoms with Gasteiger partial charge in [0.25, 0.3) is 5.52 Å². The molecule has 0 amide bonds. The van der Waals surface area contributed by atoms with E-state index in [0.29, 0.717) is 0 Å². The van der Waals surface area contributed by atoms with Gasteiger partial charge in [0.15, 0.2) is 5.75 Å². The monoisotopic (exact) mass is 359 g/mol. The number of hydrogen-bond donors (Lipinski definition) is 0. The molecule has 0 spiro atoms. The Morgan fingerprint density at radius 2 is 1.78 bits per heavy atom. The summed E-state index contributed by atoms with van der Waals surface area (Å²) in [7, 11) is 0.